The monoisotopic (exact) mass is 333 g/mol. The third kappa shape index (κ3) is 3.54. The smallest absolute Gasteiger partial charge is 0.282 e. The molecule has 2 heterocycles. The van der Waals surface area contributed by atoms with E-state index < -0.39 is 17.9 Å². The van der Waals surface area contributed by atoms with E-state index in [1.165, 1.54) is 23.5 Å². The molecule has 2 N–H and O–H groups in total. The van der Waals surface area contributed by atoms with Gasteiger partial charge in [-0.2, -0.15) is 0 Å². The Bertz CT molecular complexity index is 761. The molecule has 0 saturated heterocycles. The van der Waals surface area contributed by atoms with Crippen molar-refractivity contribution in [1.29, 1.82) is 0 Å². The summed E-state index contributed by atoms with van der Waals surface area (Å²) in [5.74, 6) is -1.32. The van der Waals surface area contributed by atoms with Gasteiger partial charge in [-0.05, 0) is 23.6 Å². The van der Waals surface area contributed by atoms with Gasteiger partial charge < -0.3 is 4.84 Å². The topological polar surface area (TPSA) is 79.8 Å². The number of halogens is 1. The van der Waals surface area contributed by atoms with E-state index in [0.29, 0.717) is 16.2 Å². The summed E-state index contributed by atoms with van der Waals surface area (Å²) in [6, 6.07) is 9.27. The SMILES string of the molecule is O=C(NNC(=O)C1CC(c2cccc(F)c2)=NO1)c1cccs1. The van der Waals surface area contributed by atoms with Crippen molar-refractivity contribution in [3.05, 3.63) is 58.0 Å². The Morgan fingerprint density at radius 3 is 2.87 bits per heavy atom. The van der Waals surface area contributed by atoms with Gasteiger partial charge in [0.25, 0.3) is 11.8 Å². The zero-order valence-electron chi connectivity index (χ0n) is 11.8. The molecule has 1 aromatic heterocycles. The van der Waals surface area contributed by atoms with Crippen LogP contribution in [0.2, 0.25) is 0 Å². The van der Waals surface area contributed by atoms with E-state index in [0.717, 1.165) is 0 Å². The largest absolute Gasteiger partial charge is 0.382 e. The number of hydrogen-bond acceptors (Lipinski definition) is 5. The van der Waals surface area contributed by atoms with Gasteiger partial charge in [-0.15, -0.1) is 11.3 Å². The third-order valence-electron chi connectivity index (χ3n) is 3.16. The summed E-state index contributed by atoms with van der Waals surface area (Å²) in [5.41, 5.74) is 5.64. The summed E-state index contributed by atoms with van der Waals surface area (Å²) in [6.07, 6.45) is -0.665. The summed E-state index contributed by atoms with van der Waals surface area (Å²) in [5, 5.41) is 5.56. The third-order valence-corrected chi connectivity index (χ3v) is 4.03. The Hall–Kier alpha value is -2.74. The molecule has 1 unspecified atom stereocenters. The van der Waals surface area contributed by atoms with Crippen LogP contribution < -0.4 is 10.9 Å². The number of nitrogens with zero attached hydrogens (tertiary/aromatic N) is 1. The molecule has 0 spiro atoms. The molecule has 1 aromatic carbocycles. The number of hydrogen-bond donors (Lipinski definition) is 2. The number of amides is 2. The lowest BCUT2D eigenvalue weighted by Gasteiger charge is -2.09. The molecule has 2 aromatic rings. The molecule has 1 aliphatic heterocycles. The molecule has 1 aliphatic rings. The molecular formula is C15H12FN3O3S. The maximum atomic E-state index is 13.2. The highest BCUT2D eigenvalue weighted by Crippen LogP contribution is 2.17. The molecule has 118 valence electrons. The average molecular weight is 333 g/mol. The lowest BCUT2D eigenvalue weighted by atomic mass is 10.0. The van der Waals surface area contributed by atoms with Gasteiger partial charge in [0.05, 0.1) is 10.6 Å². The number of rotatable bonds is 3. The maximum Gasteiger partial charge on any atom is 0.282 e. The van der Waals surface area contributed by atoms with Crippen LogP contribution in [0.4, 0.5) is 4.39 Å². The van der Waals surface area contributed by atoms with Crippen LogP contribution in [0.25, 0.3) is 0 Å². The second kappa shape index (κ2) is 6.57. The molecule has 0 saturated carbocycles. The highest BCUT2D eigenvalue weighted by molar-refractivity contribution is 7.12. The molecule has 0 bridgehead atoms. The number of carbonyl (C=O) groups excluding carboxylic acids is 2. The van der Waals surface area contributed by atoms with Crippen LogP contribution in [0.15, 0.2) is 46.9 Å². The molecule has 0 aliphatic carbocycles. The Morgan fingerprint density at radius 2 is 2.13 bits per heavy atom. The van der Waals surface area contributed by atoms with Crippen molar-refractivity contribution in [3.8, 4) is 0 Å². The van der Waals surface area contributed by atoms with Crippen LogP contribution in [0.5, 0.6) is 0 Å². The summed E-state index contributed by atoms with van der Waals surface area (Å²) < 4.78 is 13.2. The van der Waals surface area contributed by atoms with E-state index in [9.17, 15) is 14.0 Å². The summed E-state index contributed by atoms with van der Waals surface area (Å²) in [4.78, 5) is 29.2. The zero-order valence-corrected chi connectivity index (χ0v) is 12.6. The Balaban J connectivity index is 1.53. The van der Waals surface area contributed by atoms with E-state index in [-0.39, 0.29) is 12.2 Å². The lowest BCUT2D eigenvalue weighted by Crippen LogP contribution is -2.46. The van der Waals surface area contributed by atoms with Gasteiger partial charge in [-0.3, -0.25) is 20.4 Å². The van der Waals surface area contributed by atoms with E-state index in [2.05, 4.69) is 16.0 Å². The fraction of sp³-hybridized carbons (Fsp3) is 0.133. The Kier molecular flexibility index (Phi) is 4.33. The van der Waals surface area contributed by atoms with Crippen molar-refractivity contribution in [2.24, 2.45) is 5.16 Å². The van der Waals surface area contributed by atoms with Crippen molar-refractivity contribution < 1.29 is 18.8 Å². The van der Waals surface area contributed by atoms with E-state index in [1.54, 1.807) is 29.6 Å². The van der Waals surface area contributed by atoms with Crippen molar-refractivity contribution in [2.75, 3.05) is 0 Å². The molecular weight excluding hydrogens is 321 g/mol. The molecule has 1 atom stereocenters. The van der Waals surface area contributed by atoms with Crippen LogP contribution in [-0.2, 0) is 9.63 Å². The van der Waals surface area contributed by atoms with Crippen molar-refractivity contribution in [3.63, 3.8) is 0 Å². The zero-order chi connectivity index (χ0) is 16.2. The van der Waals surface area contributed by atoms with Gasteiger partial charge in [0.2, 0.25) is 6.10 Å². The summed E-state index contributed by atoms with van der Waals surface area (Å²) in [6.45, 7) is 0. The highest BCUT2D eigenvalue weighted by atomic mass is 32.1. The number of nitrogens with one attached hydrogen (secondary N) is 2. The van der Waals surface area contributed by atoms with E-state index in [4.69, 9.17) is 4.84 Å². The minimum absolute atomic E-state index is 0.199. The van der Waals surface area contributed by atoms with Crippen molar-refractivity contribution in [1.82, 2.24) is 10.9 Å². The van der Waals surface area contributed by atoms with Crippen molar-refractivity contribution >= 4 is 28.9 Å². The molecule has 0 fully saturated rings. The van der Waals surface area contributed by atoms with Crippen LogP contribution in [0, 0.1) is 5.82 Å². The van der Waals surface area contributed by atoms with Crippen LogP contribution in [0.3, 0.4) is 0 Å². The van der Waals surface area contributed by atoms with E-state index >= 15 is 0 Å². The van der Waals surface area contributed by atoms with Crippen LogP contribution in [-0.4, -0.2) is 23.6 Å². The standard InChI is InChI=1S/C15H12FN3O3S/c16-10-4-1-3-9(7-10)11-8-12(22-19-11)14(20)17-18-15(21)13-5-2-6-23-13/h1-7,12H,8H2,(H,17,20)(H,18,21). The minimum atomic E-state index is -0.864. The van der Waals surface area contributed by atoms with Crippen LogP contribution >= 0.6 is 11.3 Å². The van der Waals surface area contributed by atoms with Gasteiger partial charge in [0, 0.05) is 12.0 Å². The van der Waals surface area contributed by atoms with Gasteiger partial charge in [-0.25, -0.2) is 4.39 Å². The fourth-order valence-corrected chi connectivity index (χ4v) is 2.64. The number of carbonyl (C=O) groups is 2. The van der Waals surface area contributed by atoms with Gasteiger partial charge >= 0.3 is 0 Å². The first-order valence-corrected chi connectivity index (χ1v) is 7.64. The normalized spacial score (nSPS) is 16.4. The Morgan fingerprint density at radius 1 is 1.26 bits per heavy atom. The maximum absolute atomic E-state index is 13.2. The first-order valence-electron chi connectivity index (χ1n) is 6.76. The summed E-state index contributed by atoms with van der Waals surface area (Å²) >= 11 is 1.26. The van der Waals surface area contributed by atoms with Gasteiger partial charge in [0.1, 0.15) is 5.82 Å². The number of hydrazine groups is 1. The average Bonchev–Trinajstić information content (AvgIpc) is 3.23. The molecule has 3 rings (SSSR count). The second-order valence-electron chi connectivity index (χ2n) is 4.77. The molecule has 6 nitrogen and oxygen atoms in total. The predicted molar refractivity (Wildman–Crippen MR) is 82.4 cm³/mol. The number of thiophene rings is 1. The first kappa shape index (κ1) is 15.2. The number of oxime groups is 1. The molecule has 0 radical (unpaired) electrons. The molecule has 8 heteroatoms. The highest BCUT2D eigenvalue weighted by Gasteiger charge is 2.29. The van der Waals surface area contributed by atoms with Gasteiger partial charge in [0.15, 0.2) is 0 Å². The molecule has 2 amide bonds. The summed E-state index contributed by atoms with van der Waals surface area (Å²) in [7, 11) is 0. The fourth-order valence-electron chi connectivity index (χ4n) is 2.02. The Labute approximate surface area is 134 Å². The minimum Gasteiger partial charge on any atom is -0.382 e. The van der Waals surface area contributed by atoms with E-state index in [1.807, 2.05) is 0 Å². The second-order valence-corrected chi connectivity index (χ2v) is 5.71. The molecule has 23 heavy (non-hydrogen) atoms. The quantitative estimate of drug-likeness (QED) is 0.841. The van der Waals surface area contributed by atoms with Crippen molar-refractivity contribution in [2.45, 2.75) is 12.5 Å². The number of benzene rings is 1. The van der Waals surface area contributed by atoms with Crippen LogP contribution in [0.1, 0.15) is 21.7 Å². The first-order chi connectivity index (χ1) is 11.1. The lowest BCUT2D eigenvalue weighted by molar-refractivity contribution is -0.131. The predicted octanol–water partition coefficient (Wildman–Crippen LogP) is 1.84. The van der Waals surface area contributed by atoms with Gasteiger partial charge in [-0.1, -0.05) is 23.4 Å².